The molecule has 1 aliphatic carbocycles. The molecule has 10 heteroatoms. The first-order valence-electron chi connectivity index (χ1n) is 9.63. The van der Waals surface area contributed by atoms with Crippen molar-refractivity contribution in [2.45, 2.75) is 51.5 Å². The van der Waals surface area contributed by atoms with Crippen molar-refractivity contribution in [3.8, 4) is 11.6 Å². The lowest BCUT2D eigenvalue weighted by molar-refractivity contribution is -0.148. The average Bonchev–Trinajstić information content (AvgIpc) is 3.38. The molecule has 1 saturated carbocycles. The fourth-order valence-electron chi connectivity index (χ4n) is 3.19. The maximum Gasteiger partial charge on any atom is 0.321 e. The maximum absolute atomic E-state index is 11.9. The number of carbonyl (C=O) groups excluding carboxylic acids is 3. The molecule has 0 aliphatic heterocycles. The molecule has 10 nitrogen and oxygen atoms in total. The third-order valence-corrected chi connectivity index (χ3v) is 4.80. The summed E-state index contributed by atoms with van der Waals surface area (Å²) in [6.07, 6.45) is 5.78. The monoisotopic (exact) mass is 404 g/mol. The van der Waals surface area contributed by atoms with Crippen LogP contribution in [0.5, 0.6) is 0 Å². The number of rotatable bonds is 7. The predicted molar refractivity (Wildman–Crippen MR) is 99.4 cm³/mol. The Morgan fingerprint density at radius 2 is 2.10 bits per heavy atom. The number of furan rings is 1. The van der Waals surface area contributed by atoms with Crippen molar-refractivity contribution in [3.05, 3.63) is 24.3 Å². The largest absolute Gasteiger partial charge is 0.461 e. The number of urea groups is 1. The molecule has 1 aliphatic rings. The Morgan fingerprint density at radius 3 is 2.86 bits per heavy atom. The topological polar surface area (TPSA) is 137 Å². The number of ether oxygens (including phenoxy) is 1. The Balaban J connectivity index is 1.33. The van der Waals surface area contributed by atoms with Crippen molar-refractivity contribution in [2.24, 2.45) is 5.92 Å². The molecule has 2 atom stereocenters. The van der Waals surface area contributed by atoms with E-state index in [0.29, 0.717) is 11.7 Å². The standard InChI is InChI=1S/C19H24N4O6/c1-12-5-2-3-6-13(12)20-19(26)21-15(24)11-28-17(25)9-8-16-22-18(23-29-16)14-7-4-10-27-14/h4,7,10,12-13H,2-3,5-6,8-9,11H2,1H3,(H2,20,21,24,26). The van der Waals surface area contributed by atoms with E-state index in [2.05, 4.69) is 27.7 Å². The van der Waals surface area contributed by atoms with Gasteiger partial charge in [0.25, 0.3) is 5.91 Å². The van der Waals surface area contributed by atoms with Crippen molar-refractivity contribution >= 4 is 17.9 Å². The third-order valence-electron chi connectivity index (χ3n) is 4.80. The molecule has 3 amide bonds. The van der Waals surface area contributed by atoms with Crippen molar-refractivity contribution in [3.63, 3.8) is 0 Å². The summed E-state index contributed by atoms with van der Waals surface area (Å²) in [6, 6.07) is 2.87. The van der Waals surface area contributed by atoms with E-state index in [1.165, 1.54) is 6.26 Å². The van der Waals surface area contributed by atoms with Gasteiger partial charge in [-0.3, -0.25) is 14.9 Å². The number of aryl methyl sites for hydroxylation is 1. The van der Waals surface area contributed by atoms with Crippen LogP contribution >= 0.6 is 0 Å². The molecule has 2 aromatic rings. The predicted octanol–water partition coefficient (Wildman–Crippen LogP) is 2.21. The molecule has 0 bridgehead atoms. The summed E-state index contributed by atoms with van der Waals surface area (Å²) in [5.74, 6) is 0.0758. The van der Waals surface area contributed by atoms with Gasteiger partial charge in [-0.15, -0.1) is 0 Å². The van der Waals surface area contributed by atoms with Crippen molar-refractivity contribution in [2.75, 3.05) is 6.61 Å². The minimum Gasteiger partial charge on any atom is -0.461 e. The van der Waals surface area contributed by atoms with Gasteiger partial charge in [0.1, 0.15) is 0 Å². The summed E-state index contributed by atoms with van der Waals surface area (Å²) < 4.78 is 15.1. The number of hydrogen-bond acceptors (Lipinski definition) is 8. The zero-order valence-electron chi connectivity index (χ0n) is 16.2. The van der Waals surface area contributed by atoms with E-state index >= 15 is 0 Å². The summed E-state index contributed by atoms with van der Waals surface area (Å²) in [6.45, 7) is 1.54. The van der Waals surface area contributed by atoms with E-state index in [0.717, 1.165) is 25.7 Å². The van der Waals surface area contributed by atoms with Crippen molar-refractivity contribution < 1.29 is 28.1 Å². The van der Waals surface area contributed by atoms with Gasteiger partial charge < -0.3 is 19.0 Å². The van der Waals surface area contributed by atoms with Crippen LogP contribution in [-0.4, -0.2) is 40.7 Å². The van der Waals surface area contributed by atoms with Crippen molar-refractivity contribution in [1.82, 2.24) is 20.8 Å². The first-order valence-corrected chi connectivity index (χ1v) is 9.63. The van der Waals surface area contributed by atoms with Gasteiger partial charge in [-0.05, 0) is 30.9 Å². The summed E-state index contributed by atoms with van der Waals surface area (Å²) in [5, 5.41) is 8.74. The molecule has 156 valence electrons. The molecule has 2 aromatic heterocycles. The molecule has 0 radical (unpaired) electrons. The van der Waals surface area contributed by atoms with Crippen LogP contribution in [0.1, 0.15) is 44.9 Å². The van der Waals surface area contributed by atoms with E-state index < -0.39 is 24.5 Å². The molecule has 0 saturated heterocycles. The van der Waals surface area contributed by atoms with Crippen LogP contribution in [0.4, 0.5) is 4.79 Å². The highest BCUT2D eigenvalue weighted by molar-refractivity contribution is 5.95. The lowest BCUT2D eigenvalue weighted by Crippen LogP contribution is -2.48. The van der Waals surface area contributed by atoms with Gasteiger partial charge in [-0.2, -0.15) is 4.98 Å². The molecule has 0 aromatic carbocycles. The number of aromatic nitrogens is 2. The molecule has 3 rings (SSSR count). The van der Waals surface area contributed by atoms with E-state index in [4.69, 9.17) is 13.7 Å². The molecular weight excluding hydrogens is 380 g/mol. The second kappa shape index (κ2) is 9.85. The Morgan fingerprint density at radius 1 is 1.28 bits per heavy atom. The minimum atomic E-state index is -0.683. The highest BCUT2D eigenvalue weighted by Gasteiger charge is 2.23. The fraction of sp³-hybridized carbons (Fsp3) is 0.526. The van der Waals surface area contributed by atoms with Gasteiger partial charge in [0.2, 0.25) is 11.7 Å². The first kappa shape index (κ1) is 20.6. The van der Waals surface area contributed by atoms with Gasteiger partial charge in [0, 0.05) is 12.5 Å². The smallest absolute Gasteiger partial charge is 0.321 e. The number of nitrogens with zero attached hydrogens (tertiary/aromatic N) is 2. The molecule has 2 unspecified atom stereocenters. The highest BCUT2D eigenvalue weighted by Crippen LogP contribution is 2.23. The Hall–Kier alpha value is -3.17. The fourth-order valence-corrected chi connectivity index (χ4v) is 3.19. The molecule has 2 heterocycles. The number of amides is 3. The van der Waals surface area contributed by atoms with E-state index in [9.17, 15) is 14.4 Å². The summed E-state index contributed by atoms with van der Waals surface area (Å²) >= 11 is 0. The normalized spacial score (nSPS) is 18.8. The molecule has 2 N–H and O–H groups in total. The van der Waals surface area contributed by atoms with E-state index in [-0.39, 0.29) is 30.6 Å². The van der Waals surface area contributed by atoms with Crippen molar-refractivity contribution in [1.29, 1.82) is 0 Å². The van der Waals surface area contributed by atoms with Crippen LogP contribution in [0.2, 0.25) is 0 Å². The Kier molecular flexibility index (Phi) is 6.99. The first-order chi connectivity index (χ1) is 14.0. The molecule has 29 heavy (non-hydrogen) atoms. The second-order valence-electron chi connectivity index (χ2n) is 7.04. The Labute approximate surface area is 167 Å². The van der Waals surface area contributed by atoms with Crippen LogP contribution in [0.3, 0.4) is 0 Å². The van der Waals surface area contributed by atoms with Crippen LogP contribution in [-0.2, 0) is 20.7 Å². The maximum atomic E-state index is 11.9. The molecule has 1 fully saturated rings. The summed E-state index contributed by atoms with van der Waals surface area (Å²) in [5.41, 5.74) is 0. The molecule has 0 spiro atoms. The number of imide groups is 1. The zero-order valence-corrected chi connectivity index (χ0v) is 16.2. The van der Waals surface area contributed by atoms with Gasteiger partial charge >= 0.3 is 12.0 Å². The highest BCUT2D eigenvalue weighted by atomic mass is 16.5. The van der Waals surface area contributed by atoms with Gasteiger partial charge in [-0.1, -0.05) is 24.9 Å². The van der Waals surface area contributed by atoms with Crippen LogP contribution in [0, 0.1) is 5.92 Å². The summed E-state index contributed by atoms with van der Waals surface area (Å²) in [7, 11) is 0. The lowest BCUT2D eigenvalue weighted by atomic mass is 9.86. The molecular formula is C19H24N4O6. The quantitative estimate of drug-likeness (QED) is 0.670. The number of nitrogens with one attached hydrogen (secondary N) is 2. The van der Waals surface area contributed by atoms with Gasteiger partial charge in [-0.25, -0.2) is 4.79 Å². The van der Waals surface area contributed by atoms with Crippen LogP contribution in [0.15, 0.2) is 27.3 Å². The van der Waals surface area contributed by atoms with Gasteiger partial charge in [0.15, 0.2) is 12.4 Å². The van der Waals surface area contributed by atoms with E-state index in [1.54, 1.807) is 12.1 Å². The SMILES string of the molecule is CC1CCCCC1NC(=O)NC(=O)COC(=O)CCc1nc(-c2ccco2)no1. The Bertz CT molecular complexity index is 832. The average molecular weight is 404 g/mol. The van der Waals surface area contributed by atoms with Gasteiger partial charge in [0.05, 0.1) is 12.7 Å². The van der Waals surface area contributed by atoms with Crippen LogP contribution in [0.25, 0.3) is 11.6 Å². The van der Waals surface area contributed by atoms with E-state index in [1.807, 2.05) is 0 Å². The lowest BCUT2D eigenvalue weighted by Gasteiger charge is -2.29. The number of carbonyl (C=O) groups is 3. The minimum absolute atomic E-state index is 0.0428. The number of esters is 1. The third kappa shape index (κ3) is 6.16. The number of hydrogen-bond donors (Lipinski definition) is 2. The second-order valence-corrected chi connectivity index (χ2v) is 7.04. The summed E-state index contributed by atoms with van der Waals surface area (Å²) in [4.78, 5) is 39.6. The van der Waals surface area contributed by atoms with Crippen LogP contribution < -0.4 is 10.6 Å². The zero-order chi connectivity index (χ0) is 20.6.